The molecule has 3 aliphatic heterocycles. The van der Waals surface area contributed by atoms with Gasteiger partial charge < -0.3 is 51.1 Å². The first-order valence-electron chi connectivity index (χ1n) is 38.9. The number of nitrogens with one attached hydrogen (secondary N) is 5. The highest BCUT2D eigenvalue weighted by Crippen LogP contribution is 2.50. The minimum Gasteiger partial charge on any atom is -0.748 e. The number of halogens is 3. The van der Waals surface area contributed by atoms with E-state index in [1.165, 1.54) is 42.5 Å². The van der Waals surface area contributed by atoms with Gasteiger partial charge >= 0.3 is 11.9 Å². The number of carbonyl (C=O) groups is 8. The number of carboxylic acid groups (broad SMARTS) is 2. The fourth-order valence-corrected chi connectivity index (χ4v) is 20.4. The molecule has 0 spiro atoms. The van der Waals surface area contributed by atoms with E-state index in [9.17, 15) is 109 Å². The summed E-state index contributed by atoms with van der Waals surface area (Å²) in [6.07, 6.45) is 10.4. The Labute approximate surface area is 726 Å². The van der Waals surface area contributed by atoms with E-state index in [1.54, 1.807) is 12.1 Å². The van der Waals surface area contributed by atoms with E-state index in [-0.39, 0.29) is 109 Å². The van der Waals surface area contributed by atoms with Crippen LogP contribution in [0.3, 0.4) is 0 Å². The average molecular weight is 1870 g/mol. The zero-order valence-electron chi connectivity index (χ0n) is 66.9. The lowest BCUT2D eigenvalue weighted by molar-refractivity contribution is -0.438. The molecule has 12 N–H and O–H groups in total. The van der Waals surface area contributed by atoms with Crippen molar-refractivity contribution >= 4 is 167 Å². The molecule has 4 atom stereocenters. The molecule has 1 aromatic heterocycles. The molecule has 1 saturated heterocycles. The number of carboxylic acids is 2. The summed E-state index contributed by atoms with van der Waals surface area (Å²) in [6, 6.07) is 16.3. The molecular weight excluding hydrogens is 1770 g/mol. The number of fused-ring (bicyclic) bond motifs is 2. The Bertz CT molecular complexity index is 5690. The molecule has 1 fully saturated rings. The number of nitrogens with two attached hydrogens (primary N) is 1. The third kappa shape index (κ3) is 26.2. The van der Waals surface area contributed by atoms with E-state index in [0.717, 1.165) is 38.8 Å². The van der Waals surface area contributed by atoms with Crippen molar-refractivity contribution in [3.63, 3.8) is 0 Å². The predicted octanol–water partition coefficient (Wildman–Crippen LogP) is 8.70. The van der Waals surface area contributed by atoms with Crippen molar-refractivity contribution < 1.29 is 113 Å². The minimum atomic E-state index is -4.64. The Hall–Kier alpha value is -8.81. The Morgan fingerprint density at radius 3 is 2.02 bits per heavy atom. The third-order valence-corrected chi connectivity index (χ3v) is 28.1. The number of amides is 6. The van der Waals surface area contributed by atoms with Crippen LogP contribution in [0.1, 0.15) is 169 Å². The van der Waals surface area contributed by atoms with E-state index < -0.39 is 168 Å². The van der Waals surface area contributed by atoms with Crippen molar-refractivity contribution in [3.8, 4) is 0 Å². The van der Waals surface area contributed by atoms with Gasteiger partial charge in [-0.25, -0.2) is 31.6 Å². The Balaban J connectivity index is 0.819. The molecule has 42 heteroatoms. The van der Waals surface area contributed by atoms with Crippen LogP contribution < -0.4 is 36.6 Å². The maximum Gasteiger partial charge on any atom is 0.326 e. The largest absolute Gasteiger partial charge is 0.748 e. The van der Waals surface area contributed by atoms with Crippen LogP contribution in [-0.2, 0) is 108 Å². The normalized spacial score (nSPS) is 17.8. The van der Waals surface area contributed by atoms with Crippen LogP contribution in [0.4, 0.5) is 11.4 Å². The molecule has 6 amide bonds. The molecule has 5 aromatic rings. The average Bonchev–Trinajstić information content (AvgIpc) is 1.59. The lowest BCUT2D eigenvalue weighted by Gasteiger charge is -2.28. The number of aryl methyl sites for hydroxylation is 1. The van der Waals surface area contributed by atoms with Crippen molar-refractivity contribution in [2.75, 3.05) is 49.1 Å². The SMILES string of the molecule is CC1(C)C(/C=C/C2=C(c3cccc(CCCCC(=O)NCCCC[C@H](NC(=O)C[C@H](NC(=O)CCNC(=O)[C@@H]4C[C@H](NC(=O)Cc5ccc(Cl)cc5Cl)CN4C(=O)c4cc(Cl)sc4S(N)(=O)=O)C(=O)O)C(=O)O)c3)C(=C/C=C3/N(CCCCS(=O)(=O)[O-])c4ccc(S(=O)(=O)O)cc4C3(C)C)/CCC2)=[N+](CCCCS(=O)(=O)O)c2ccc(S(=O)(=O)O)cc21. The van der Waals surface area contributed by atoms with Crippen LogP contribution in [0.15, 0.2) is 140 Å². The lowest BCUT2D eigenvalue weighted by atomic mass is 9.79. The van der Waals surface area contributed by atoms with Gasteiger partial charge in [0.25, 0.3) is 36.3 Å². The summed E-state index contributed by atoms with van der Waals surface area (Å²) in [4.78, 5) is 108. The highest BCUT2D eigenvalue weighted by atomic mass is 35.5. The van der Waals surface area contributed by atoms with E-state index in [2.05, 4.69) is 32.7 Å². The third-order valence-electron chi connectivity index (χ3n) is 21.4. The van der Waals surface area contributed by atoms with E-state index in [0.29, 0.717) is 101 Å². The maximum absolute atomic E-state index is 14.0. The lowest BCUT2D eigenvalue weighted by Crippen LogP contribution is -2.48. The highest BCUT2D eigenvalue weighted by Gasteiger charge is 2.47. The second-order valence-corrected chi connectivity index (χ2v) is 41.4. The smallest absolute Gasteiger partial charge is 0.326 e. The number of thiophene rings is 1. The van der Waals surface area contributed by atoms with Gasteiger partial charge in [0.2, 0.25) is 45.2 Å². The number of hydrogen-bond donors (Lipinski definition) is 11. The number of sulfonamides is 1. The fourth-order valence-electron chi connectivity index (χ4n) is 15.5. The van der Waals surface area contributed by atoms with Crippen molar-refractivity contribution in [1.82, 2.24) is 31.5 Å². The number of anilines is 1. The first-order chi connectivity index (χ1) is 57.0. The van der Waals surface area contributed by atoms with Crippen LogP contribution in [0.25, 0.3) is 5.57 Å². The number of carbonyl (C=O) groups excluding carboxylic acids is 6. The summed E-state index contributed by atoms with van der Waals surface area (Å²) in [7, 11) is -22.6. The predicted molar refractivity (Wildman–Crippen MR) is 456 cm³/mol. The number of unbranched alkanes of at least 4 members (excludes halogenated alkanes) is 4. The molecule has 9 rings (SSSR count). The van der Waals surface area contributed by atoms with Crippen molar-refractivity contribution in [2.24, 2.45) is 5.14 Å². The maximum atomic E-state index is 14.0. The van der Waals surface area contributed by atoms with E-state index >= 15 is 0 Å². The first kappa shape index (κ1) is 97.0. The Morgan fingerprint density at radius 1 is 0.680 bits per heavy atom. The summed E-state index contributed by atoms with van der Waals surface area (Å²) < 4.78 is 165. The Kier molecular flexibility index (Phi) is 32.5. The number of primary sulfonamides is 1. The van der Waals surface area contributed by atoms with E-state index in [1.807, 2.05) is 79.7 Å². The van der Waals surface area contributed by atoms with Gasteiger partial charge in [-0.3, -0.25) is 42.4 Å². The van der Waals surface area contributed by atoms with Gasteiger partial charge in [0.1, 0.15) is 28.9 Å². The molecule has 4 aromatic carbocycles. The summed E-state index contributed by atoms with van der Waals surface area (Å²) in [5.74, 6) is -8.87. The molecule has 0 bridgehead atoms. The monoisotopic (exact) mass is 1860 g/mol. The zero-order chi connectivity index (χ0) is 89.8. The number of benzene rings is 4. The second-order valence-electron chi connectivity index (χ2n) is 31.1. The van der Waals surface area contributed by atoms with Gasteiger partial charge in [-0.05, 0) is 191 Å². The molecule has 4 heterocycles. The van der Waals surface area contributed by atoms with Crippen molar-refractivity contribution in [1.29, 1.82) is 0 Å². The standard InChI is InChI=1S/C80H96Cl3N9O24S6/c1-79(2)58-43-55(121(111,112)113)26-28-63(58)90(35-9-11-37-118(103,104)105)66(79)30-23-49-17-14-18-50(24-31-67-80(3,4)59-44-56(122(114,115)116)27-29-64(59)91(67)36-10-12-38-119(106,107)108)73(49)52-19-13-16-48(39-52)15-5-6-21-69(93)85-33-8-7-20-61(76(99)100)88-72(96)46-62(77(101)102)89-70(94)32-34-86-74(97)65-42-54(87-71(95)40-51-22-25-53(81)41-60(51)82)47-92(65)75(98)57-45-68(83)117-78(57)120(84,109)110/h13,16,19,22-31,39,41,43-45,54,61-62,65H,5-12,14-15,17-18,20-21,32-38,40,42,46-47H2,1-4H3,(H12-,84,85,86,87,88,89,93,94,95,96,97,99,100,101,102,103,104,105,106,107,108,109,110,111,112,113,114,115,116)/t54-,61-,62-,65-/m0/s1. The molecule has 122 heavy (non-hydrogen) atoms. The van der Waals surface area contributed by atoms with Crippen molar-refractivity contribution in [2.45, 2.75) is 192 Å². The number of rotatable bonds is 41. The summed E-state index contributed by atoms with van der Waals surface area (Å²) in [5, 5.41) is 38.4. The Morgan fingerprint density at radius 2 is 1.36 bits per heavy atom. The molecule has 33 nitrogen and oxygen atoms in total. The minimum absolute atomic E-state index is 0.0425. The van der Waals surface area contributed by atoms with Gasteiger partial charge in [-0.15, -0.1) is 11.3 Å². The molecule has 0 radical (unpaired) electrons. The van der Waals surface area contributed by atoms with Gasteiger partial charge in [-0.2, -0.15) is 29.8 Å². The molecule has 4 aliphatic rings. The zero-order valence-corrected chi connectivity index (χ0v) is 74.0. The quantitative estimate of drug-likeness (QED) is 0.00989. The fraction of sp³-hybridized carbons (Fsp3) is 0.438. The number of hydrogen-bond acceptors (Lipinski definition) is 21. The summed E-state index contributed by atoms with van der Waals surface area (Å²) in [5.41, 5.74) is 6.34. The van der Waals surface area contributed by atoms with Gasteiger partial charge in [0.15, 0.2) is 5.71 Å². The molecule has 662 valence electrons. The molecular formula is C80H96Cl3N9O24S6. The van der Waals surface area contributed by atoms with E-state index in [4.69, 9.17) is 39.9 Å². The molecule has 0 saturated carbocycles. The van der Waals surface area contributed by atoms with Crippen LogP contribution in [-0.4, -0.2) is 201 Å². The second kappa shape index (κ2) is 40.9. The van der Waals surface area contributed by atoms with Crippen LogP contribution >= 0.6 is 46.1 Å². The summed E-state index contributed by atoms with van der Waals surface area (Å²) >= 11 is 18.9. The van der Waals surface area contributed by atoms with Crippen LogP contribution in [0.5, 0.6) is 0 Å². The van der Waals surface area contributed by atoms with Gasteiger partial charge in [-0.1, -0.05) is 91.1 Å². The number of aliphatic carboxylic acids is 2. The van der Waals surface area contributed by atoms with Gasteiger partial charge in [0, 0.05) is 102 Å². The van der Waals surface area contributed by atoms with Crippen molar-refractivity contribution in [3.05, 3.63) is 174 Å². The summed E-state index contributed by atoms with van der Waals surface area (Å²) in [6.45, 7) is 7.44. The topological polar surface area (TPSA) is 527 Å². The molecule has 1 aliphatic carbocycles. The van der Waals surface area contributed by atoms with Crippen LogP contribution in [0, 0.1) is 0 Å². The van der Waals surface area contributed by atoms with Gasteiger partial charge in [0.05, 0.1) is 53.8 Å². The molecule has 0 unspecified atom stereocenters. The number of nitrogens with zero attached hydrogens (tertiary/aromatic N) is 3. The highest BCUT2D eigenvalue weighted by molar-refractivity contribution is 7.91. The number of allylic oxidation sites excluding steroid dienone is 8. The first-order valence-corrected chi connectivity index (χ1v) is 48.5. The van der Waals surface area contributed by atoms with Crippen LogP contribution in [0.2, 0.25) is 14.4 Å². The number of likely N-dealkylation sites (tertiary alicyclic amines) is 1.